The second-order valence-electron chi connectivity index (χ2n) is 4.94. The minimum atomic E-state index is 0.516. The van der Waals surface area contributed by atoms with E-state index in [1.54, 1.807) is 0 Å². The molecule has 3 N–H and O–H groups in total. The Hall–Kier alpha value is -1.16. The zero-order valence-corrected chi connectivity index (χ0v) is 10.6. The summed E-state index contributed by atoms with van der Waals surface area (Å²) < 4.78 is 0. The van der Waals surface area contributed by atoms with Gasteiger partial charge in [0.2, 0.25) is 0 Å². The Bertz CT molecular complexity index is 356. The zero-order valence-electron chi connectivity index (χ0n) is 10.6. The number of aryl methyl sites for hydroxylation is 1. The summed E-state index contributed by atoms with van der Waals surface area (Å²) in [5.74, 6) is 7.65. The van der Waals surface area contributed by atoms with Gasteiger partial charge in [-0.2, -0.15) is 0 Å². The lowest BCUT2D eigenvalue weighted by atomic mass is 9.90. The molecule has 0 atom stereocenters. The molecule has 0 unspecified atom stereocenters. The van der Waals surface area contributed by atoms with Crippen LogP contribution in [0.25, 0.3) is 0 Å². The van der Waals surface area contributed by atoms with Gasteiger partial charge in [0.25, 0.3) is 0 Å². The first-order valence-electron chi connectivity index (χ1n) is 6.62. The van der Waals surface area contributed by atoms with Crippen molar-refractivity contribution in [3.05, 3.63) is 17.6 Å². The number of hydrazine groups is 1. The lowest BCUT2D eigenvalue weighted by molar-refractivity contribution is 0.442. The molecular formula is C13H22N4. The van der Waals surface area contributed by atoms with Crippen LogP contribution in [0.5, 0.6) is 0 Å². The van der Waals surface area contributed by atoms with E-state index >= 15 is 0 Å². The minimum absolute atomic E-state index is 0.516. The molecule has 1 aliphatic carbocycles. The Kier molecular flexibility index (Phi) is 4.31. The van der Waals surface area contributed by atoms with E-state index in [0.717, 1.165) is 17.3 Å². The van der Waals surface area contributed by atoms with Gasteiger partial charge in [-0.25, -0.2) is 15.8 Å². The van der Waals surface area contributed by atoms with E-state index in [0.29, 0.717) is 5.92 Å². The fraction of sp³-hybridized carbons (Fsp3) is 0.692. The number of nitrogens with zero attached hydrogens (tertiary/aromatic N) is 2. The molecule has 94 valence electrons. The summed E-state index contributed by atoms with van der Waals surface area (Å²) in [4.78, 5) is 9.07. The summed E-state index contributed by atoms with van der Waals surface area (Å²) >= 11 is 0. The van der Waals surface area contributed by atoms with Crippen LogP contribution in [0.3, 0.4) is 0 Å². The topological polar surface area (TPSA) is 63.8 Å². The Labute approximate surface area is 103 Å². The Balaban J connectivity index is 2.15. The fourth-order valence-corrected chi connectivity index (χ4v) is 2.56. The van der Waals surface area contributed by atoms with Crippen LogP contribution in [0.4, 0.5) is 5.82 Å². The summed E-state index contributed by atoms with van der Waals surface area (Å²) in [5.41, 5.74) is 3.61. The fourth-order valence-electron chi connectivity index (χ4n) is 2.56. The molecule has 4 heteroatoms. The second kappa shape index (κ2) is 5.96. The maximum atomic E-state index is 5.43. The summed E-state index contributed by atoms with van der Waals surface area (Å²) in [6.45, 7) is 1.99. The number of nitrogens with one attached hydrogen (secondary N) is 1. The minimum Gasteiger partial charge on any atom is -0.308 e. The molecule has 1 aliphatic rings. The van der Waals surface area contributed by atoms with Crippen molar-refractivity contribution in [1.82, 2.24) is 9.97 Å². The number of anilines is 1. The predicted molar refractivity (Wildman–Crippen MR) is 69.6 cm³/mol. The Morgan fingerprint density at radius 1 is 1.12 bits per heavy atom. The molecule has 2 rings (SSSR count). The highest BCUT2D eigenvalue weighted by molar-refractivity contribution is 5.34. The standard InChI is InChI=1S/C13H22N4/c1-10-9-12(17-14)16-13(15-10)11-7-5-3-2-4-6-8-11/h9,11H,2-8,14H2,1H3,(H,15,16,17). The third kappa shape index (κ3) is 3.40. The summed E-state index contributed by atoms with van der Waals surface area (Å²) in [7, 11) is 0. The second-order valence-corrected chi connectivity index (χ2v) is 4.94. The first-order chi connectivity index (χ1) is 8.29. The zero-order chi connectivity index (χ0) is 12.1. The molecule has 1 fully saturated rings. The van der Waals surface area contributed by atoms with Crippen molar-refractivity contribution >= 4 is 5.82 Å². The SMILES string of the molecule is Cc1cc(NN)nc(C2CCCCCCC2)n1. The Morgan fingerprint density at radius 2 is 1.76 bits per heavy atom. The van der Waals surface area contributed by atoms with Crippen LogP contribution in [0.2, 0.25) is 0 Å². The van der Waals surface area contributed by atoms with E-state index in [1.807, 2.05) is 13.0 Å². The first-order valence-corrected chi connectivity index (χ1v) is 6.62. The van der Waals surface area contributed by atoms with Gasteiger partial charge in [0.05, 0.1) is 0 Å². The van der Waals surface area contributed by atoms with Crippen LogP contribution in [0, 0.1) is 6.92 Å². The number of nitrogen functional groups attached to an aromatic ring is 1. The lowest BCUT2D eigenvalue weighted by Crippen LogP contribution is -2.13. The normalized spacial score (nSPS) is 18.5. The highest BCUT2D eigenvalue weighted by Crippen LogP contribution is 2.29. The van der Waals surface area contributed by atoms with Crippen molar-refractivity contribution in [2.45, 2.75) is 57.8 Å². The lowest BCUT2D eigenvalue weighted by Gasteiger charge is -2.19. The smallest absolute Gasteiger partial charge is 0.143 e. The van der Waals surface area contributed by atoms with Gasteiger partial charge in [0, 0.05) is 17.7 Å². The van der Waals surface area contributed by atoms with Gasteiger partial charge in [0.1, 0.15) is 11.6 Å². The van der Waals surface area contributed by atoms with E-state index in [2.05, 4.69) is 15.4 Å². The van der Waals surface area contributed by atoms with Crippen molar-refractivity contribution in [3.63, 3.8) is 0 Å². The third-order valence-electron chi connectivity index (χ3n) is 3.49. The molecule has 4 nitrogen and oxygen atoms in total. The molecule has 1 heterocycles. The largest absolute Gasteiger partial charge is 0.308 e. The van der Waals surface area contributed by atoms with Crippen molar-refractivity contribution in [2.75, 3.05) is 5.43 Å². The Morgan fingerprint density at radius 3 is 2.41 bits per heavy atom. The molecule has 0 aliphatic heterocycles. The maximum Gasteiger partial charge on any atom is 0.143 e. The van der Waals surface area contributed by atoms with Crippen LogP contribution in [0.15, 0.2) is 6.07 Å². The average Bonchev–Trinajstić information content (AvgIpc) is 2.27. The van der Waals surface area contributed by atoms with Gasteiger partial charge >= 0.3 is 0 Å². The molecule has 17 heavy (non-hydrogen) atoms. The van der Waals surface area contributed by atoms with Crippen molar-refractivity contribution in [3.8, 4) is 0 Å². The molecule has 0 saturated heterocycles. The van der Waals surface area contributed by atoms with Crippen molar-refractivity contribution in [2.24, 2.45) is 5.84 Å². The van der Waals surface area contributed by atoms with E-state index in [-0.39, 0.29) is 0 Å². The third-order valence-corrected chi connectivity index (χ3v) is 3.49. The van der Waals surface area contributed by atoms with E-state index in [1.165, 1.54) is 44.9 Å². The van der Waals surface area contributed by atoms with Gasteiger partial charge in [-0.05, 0) is 19.8 Å². The summed E-state index contributed by atoms with van der Waals surface area (Å²) in [5, 5.41) is 0. The molecule has 1 saturated carbocycles. The monoisotopic (exact) mass is 234 g/mol. The highest BCUT2D eigenvalue weighted by atomic mass is 15.3. The van der Waals surface area contributed by atoms with Crippen LogP contribution in [0.1, 0.15) is 62.4 Å². The molecule has 0 amide bonds. The average molecular weight is 234 g/mol. The van der Waals surface area contributed by atoms with Crippen LogP contribution < -0.4 is 11.3 Å². The van der Waals surface area contributed by atoms with Gasteiger partial charge in [-0.3, -0.25) is 0 Å². The first kappa shape index (κ1) is 12.3. The molecular weight excluding hydrogens is 212 g/mol. The van der Waals surface area contributed by atoms with Gasteiger partial charge in [0.15, 0.2) is 0 Å². The predicted octanol–water partition coefficient (Wildman–Crippen LogP) is 2.90. The maximum absolute atomic E-state index is 5.43. The van der Waals surface area contributed by atoms with Crippen LogP contribution in [-0.2, 0) is 0 Å². The van der Waals surface area contributed by atoms with E-state index < -0.39 is 0 Å². The molecule has 0 bridgehead atoms. The van der Waals surface area contributed by atoms with Crippen molar-refractivity contribution < 1.29 is 0 Å². The number of hydrogen-bond donors (Lipinski definition) is 2. The number of nitrogens with two attached hydrogens (primary N) is 1. The molecule has 0 aromatic carbocycles. The van der Waals surface area contributed by atoms with E-state index in [9.17, 15) is 0 Å². The van der Waals surface area contributed by atoms with Gasteiger partial charge in [-0.15, -0.1) is 0 Å². The number of rotatable bonds is 2. The molecule has 1 aromatic rings. The summed E-state index contributed by atoms with van der Waals surface area (Å²) in [6, 6.07) is 1.88. The highest BCUT2D eigenvalue weighted by Gasteiger charge is 2.17. The molecule has 0 spiro atoms. The molecule has 0 radical (unpaired) electrons. The van der Waals surface area contributed by atoms with E-state index in [4.69, 9.17) is 5.84 Å². The molecule has 1 aromatic heterocycles. The summed E-state index contributed by atoms with van der Waals surface area (Å²) in [6.07, 6.45) is 9.12. The number of aromatic nitrogens is 2. The van der Waals surface area contributed by atoms with Crippen LogP contribution in [-0.4, -0.2) is 9.97 Å². The van der Waals surface area contributed by atoms with Gasteiger partial charge < -0.3 is 5.43 Å². The quantitative estimate of drug-likeness (QED) is 0.610. The number of hydrogen-bond acceptors (Lipinski definition) is 4. The van der Waals surface area contributed by atoms with Crippen LogP contribution >= 0.6 is 0 Å². The van der Waals surface area contributed by atoms with Crippen molar-refractivity contribution in [1.29, 1.82) is 0 Å². The van der Waals surface area contributed by atoms with Gasteiger partial charge in [-0.1, -0.05) is 32.1 Å².